The molecule has 3 rings (SSSR count). The molecule has 0 aliphatic heterocycles. The number of benzene rings is 1. The highest BCUT2D eigenvalue weighted by Crippen LogP contribution is 2.33. The quantitative estimate of drug-likeness (QED) is 0.627. The minimum atomic E-state index is -0.397. The summed E-state index contributed by atoms with van der Waals surface area (Å²) >= 11 is 13.0. The molecule has 0 atom stereocenters. The Balaban J connectivity index is 1.85. The molecule has 0 aliphatic rings. The van der Waals surface area contributed by atoms with Gasteiger partial charge in [-0.2, -0.15) is 0 Å². The molecule has 1 aromatic carbocycles. The topological polar surface area (TPSA) is 64.1 Å². The number of carbonyl (C=O) groups excluding carboxylic acids is 1. The van der Waals surface area contributed by atoms with Crippen molar-refractivity contribution in [2.75, 3.05) is 12.4 Å². The lowest BCUT2D eigenvalue weighted by atomic mass is 10.1. The molecule has 0 saturated heterocycles. The molecule has 0 radical (unpaired) electrons. The number of hydrogen-bond acceptors (Lipinski definition) is 5. The van der Waals surface area contributed by atoms with Crippen molar-refractivity contribution >= 4 is 45.6 Å². The monoisotopic (exact) mass is 393 g/mol. The van der Waals surface area contributed by atoms with E-state index in [0.29, 0.717) is 5.13 Å². The lowest BCUT2D eigenvalue weighted by Crippen LogP contribution is -2.12. The normalized spacial score (nSPS) is 10.6. The zero-order valence-electron chi connectivity index (χ0n) is 13.3. The van der Waals surface area contributed by atoms with Crippen LogP contribution in [0.15, 0.2) is 35.7 Å². The van der Waals surface area contributed by atoms with Crippen LogP contribution in [0.2, 0.25) is 10.3 Å². The fourth-order valence-corrected chi connectivity index (χ4v) is 3.36. The summed E-state index contributed by atoms with van der Waals surface area (Å²) in [6.07, 6.45) is 0. The molecule has 0 unspecified atom stereocenters. The average Bonchev–Trinajstić information content (AvgIpc) is 3.03. The summed E-state index contributed by atoms with van der Waals surface area (Å²) in [5.41, 5.74) is 2.91. The molecule has 0 aliphatic carbocycles. The van der Waals surface area contributed by atoms with Gasteiger partial charge in [-0.3, -0.25) is 10.1 Å². The highest BCUT2D eigenvalue weighted by molar-refractivity contribution is 7.14. The fraction of sp³-hybridized carbons (Fsp3) is 0.118. The Morgan fingerprint density at radius 3 is 2.72 bits per heavy atom. The van der Waals surface area contributed by atoms with E-state index in [1.54, 1.807) is 7.11 Å². The maximum atomic E-state index is 12.3. The second kappa shape index (κ2) is 7.39. The molecule has 128 valence electrons. The minimum absolute atomic E-state index is 0.0436. The number of nitrogens with zero attached hydrogens (tertiary/aromatic N) is 2. The van der Waals surface area contributed by atoms with Gasteiger partial charge < -0.3 is 4.74 Å². The van der Waals surface area contributed by atoms with E-state index in [2.05, 4.69) is 15.3 Å². The molecule has 1 N–H and O–H groups in total. The van der Waals surface area contributed by atoms with Gasteiger partial charge in [0.2, 0.25) is 0 Å². The van der Waals surface area contributed by atoms with Crippen LogP contribution in [0.4, 0.5) is 5.13 Å². The van der Waals surface area contributed by atoms with Crippen LogP contribution in [0, 0.1) is 6.92 Å². The van der Waals surface area contributed by atoms with Gasteiger partial charge in [-0.15, -0.1) is 11.3 Å². The Kier molecular flexibility index (Phi) is 5.22. The molecule has 0 bridgehead atoms. The molecule has 8 heteroatoms. The van der Waals surface area contributed by atoms with Gasteiger partial charge in [0.15, 0.2) is 5.13 Å². The van der Waals surface area contributed by atoms with Crippen LogP contribution in [0.5, 0.6) is 5.75 Å². The molecule has 2 heterocycles. The summed E-state index contributed by atoms with van der Waals surface area (Å²) < 4.78 is 5.38. The Hall–Kier alpha value is -2.15. The van der Waals surface area contributed by atoms with E-state index in [9.17, 15) is 4.79 Å². The number of anilines is 1. The van der Waals surface area contributed by atoms with Crippen LogP contribution in [-0.2, 0) is 0 Å². The predicted octanol–water partition coefficient (Wildman–Crippen LogP) is 5.08. The summed E-state index contributed by atoms with van der Waals surface area (Å²) in [4.78, 5) is 20.7. The maximum absolute atomic E-state index is 12.3. The predicted molar refractivity (Wildman–Crippen MR) is 101 cm³/mol. The van der Waals surface area contributed by atoms with E-state index in [-0.39, 0.29) is 15.9 Å². The van der Waals surface area contributed by atoms with Crippen LogP contribution in [0.3, 0.4) is 0 Å². The molecular formula is C17H13Cl2N3O2S. The first-order valence-electron chi connectivity index (χ1n) is 7.22. The number of methoxy groups -OCH3 is 1. The number of carbonyl (C=O) groups is 1. The molecule has 0 saturated carbocycles. The van der Waals surface area contributed by atoms with Crippen LogP contribution in [0.1, 0.15) is 15.9 Å². The van der Waals surface area contributed by atoms with Crippen molar-refractivity contribution in [3.63, 3.8) is 0 Å². The first kappa shape index (κ1) is 17.7. The van der Waals surface area contributed by atoms with Gasteiger partial charge >= 0.3 is 0 Å². The lowest BCUT2D eigenvalue weighted by molar-refractivity contribution is 0.102. The number of nitrogens with one attached hydrogen (secondary N) is 1. The van der Waals surface area contributed by atoms with Gasteiger partial charge in [0.1, 0.15) is 16.1 Å². The Labute approximate surface area is 158 Å². The minimum Gasteiger partial charge on any atom is -0.496 e. The van der Waals surface area contributed by atoms with E-state index < -0.39 is 5.91 Å². The average molecular weight is 394 g/mol. The lowest BCUT2D eigenvalue weighted by Gasteiger charge is -2.07. The van der Waals surface area contributed by atoms with Gasteiger partial charge in [-0.1, -0.05) is 34.8 Å². The number of rotatable bonds is 4. The third-order valence-corrected chi connectivity index (χ3v) is 4.67. The summed E-state index contributed by atoms with van der Waals surface area (Å²) in [5.74, 6) is 0.324. The molecule has 2 aromatic heterocycles. The first-order valence-corrected chi connectivity index (χ1v) is 8.85. The van der Waals surface area contributed by atoms with Gasteiger partial charge in [-0.25, -0.2) is 9.97 Å². The number of hydrogen-bond donors (Lipinski definition) is 1. The number of amides is 1. The highest BCUT2D eigenvalue weighted by atomic mass is 35.5. The maximum Gasteiger partial charge on any atom is 0.260 e. The number of aromatic nitrogens is 2. The third kappa shape index (κ3) is 3.92. The van der Waals surface area contributed by atoms with E-state index in [1.165, 1.54) is 23.5 Å². The second-order valence-corrected chi connectivity index (χ2v) is 6.77. The zero-order valence-corrected chi connectivity index (χ0v) is 15.7. The summed E-state index contributed by atoms with van der Waals surface area (Å²) in [5, 5.41) is 5.30. The first-order chi connectivity index (χ1) is 12.0. The molecule has 25 heavy (non-hydrogen) atoms. The van der Waals surface area contributed by atoms with E-state index >= 15 is 0 Å². The van der Waals surface area contributed by atoms with Crippen molar-refractivity contribution in [1.82, 2.24) is 9.97 Å². The molecule has 0 spiro atoms. The number of aryl methyl sites for hydroxylation is 1. The van der Waals surface area contributed by atoms with Gasteiger partial charge in [0.25, 0.3) is 5.91 Å². The van der Waals surface area contributed by atoms with Crippen LogP contribution >= 0.6 is 34.5 Å². The molecule has 0 fully saturated rings. The Morgan fingerprint density at radius 2 is 2.00 bits per heavy atom. The number of ether oxygens (including phenoxy) is 1. The molecule has 3 aromatic rings. The zero-order chi connectivity index (χ0) is 18.0. The third-order valence-electron chi connectivity index (χ3n) is 3.41. The van der Waals surface area contributed by atoms with Gasteiger partial charge in [0.05, 0.1) is 18.4 Å². The van der Waals surface area contributed by atoms with Crippen LogP contribution in [-0.4, -0.2) is 23.0 Å². The number of thiazole rings is 1. The van der Waals surface area contributed by atoms with Crippen molar-refractivity contribution in [2.24, 2.45) is 0 Å². The molecule has 5 nitrogen and oxygen atoms in total. The Morgan fingerprint density at radius 1 is 1.20 bits per heavy atom. The number of pyridine rings is 1. The van der Waals surface area contributed by atoms with Crippen molar-refractivity contribution in [3.05, 3.63) is 57.1 Å². The van der Waals surface area contributed by atoms with Gasteiger partial charge in [0, 0.05) is 10.9 Å². The summed E-state index contributed by atoms with van der Waals surface area (Å²) in [6.45, 7) is 1.99. The highest BCUT2D eigenvalue weighted by Gasteiger charge is 2.15. The smallest absolute Gasteiger partial charge is 0.260 e. The van der Waals surface area contributed by atoms with Crippen molar-refractivity contribution < 1.29 is 9.53 Å². The van der Waals surface area contributed by atoms with E-state index in [0.717, 1.165) is 22.6 Å². The van der Waals surface area contributed by atoms with Gasteiger partial charge in [-0.05, 0) is 31.2 Å². The number of halogens is 2. The van der Waals surface area contributed by atoms with Crippen LogP contribution < -0.4 is 10.1 Å². The second-order valence-electron chi connectivity index (χ2n) is 5.17. The Bertz CT molecular complexity index is 943. The standard InChI is InChI=1S/C17H13Cl2N3O2S/c1-9-3-5-13(24-2)11(7-9)12-8-25-17(20-12)22-16(23)10-4-6-14(18)21-15(10)19/h3-8H,1-2H3,(H,20,22,23). The van der Waals surface area contributed by atoms with Crippen molar-refractivity contribution in [3.8, 4) is 17.0 Å². The van der Waals surface area contributed by atoms with E-state index in [4.69, 9.17) is 27.9 Å². The SMILES string of the molecule is COc1ccc(C)cc1-c1csc(NC(=O)c2ccc(Cl)nc2Cl)n1. The summed E-state index contributed by atoms with van der Waals surface area (Å²) in [6, 6.07) is 8.87. The van der Waals surface area contributed by atoms with Crippen LogP contribution in [0.25, 0.3) is 11.3 Å². The fourth-order valence-electron chi connectivity index (χ4n) is 2.22. The van der Waals surface area contributed by atoms with E-state index in [1.807, 2.05) is 30.5 Å². The largest absolute Gasteiger partial charge is 0.496 e. The van der Waals surface area contributed by atoms with Crippen molar-refractivity contribution in [2.45, 2.75) is 6.92 Å². The molecule has 1 amide bonds. The van der Waals surface area contributed by atoms with Crippen molar-refractivity contribution in [1.29, 1.82) is 0 Å². The molecular weight excluding hydrogens is 381 g/mol. The summed E-state index contributed by atoms with van der Waals surface area (Å²) in [7, 11) is 1.61.